The number of carbonyl (C=O) groups is 1. The number of rotatable bonds is 7. The van der Waals surface area contributed by atoms with Crippen LogP contribution in [-0.4, -0.2) is 66.9 Å². The maximum atomic E-state index is 12.1. The number of piperidine rings is 1. The lowest BCUT2D eigenvalue weighted by molar-refractivity contribution is -0.128. The van der Waals surface area contributed by atoms with Gasteiger partial charge in [-0.15, -0.1) is 0 Å². The van der Waals surface area contributed by atoms with E-state index in [-0.39, 0.29) is 30.8 Å². The molecule has 2 rings (SSSR count). The first kappa shape index (κ1) is 17.7. The summed E-state index contributed by atoms with van der Waals surface area (Å²) in [6.07, 6.45) is 6.70. The largest absolute Gasteiger partial charge is 0.394 e. The number of hydrogen-bond donors (Lipinski definition) is 3. The van der Waals surface area contributed by atoms with Gasteiger partial charge in [0.25, 0.3) is 0 Å². The second-order valence-electron chi connectivity index (χ2n) is 6.46. The smallest absolute Gasteiger partial charge is 0.221 e. The molecule has 0 aromatic rings. The Labute approximate surface area is 133 Å². The van der Waals surface area contributed by atoms with Crippen LogP contribution in [0.25, 0.3) is 0 Å². The number of hydrogen-bond acceptors (Lipinski definition) is 5. The van der Waals surface area contributed by atoms with Gasteiger partial charge < -0.3 is 25.8 Å². The van der Waals surface area contributed by atoms with E-state index in [1.54, 1.807) is 0 Å². The molecule has 0 unspecified atom stereocenters. The molecule has 2 heterocycles. The quantitative estimate of drug-likeness (QED) is 0.626. The Morgan fingerprint density at radius 3 is 2.73 bits per heavy atom. The molecule has 0 bridgehead atoms. The van der Waals surface area contributed by atoms with Gasteiger partial charge in [0.05, 0.1) is 18.8 Å². The van der Waals surface area contributed by atoms with Gasteiger partial charge in [-0.2, -0.15) is 0 Å². The van der Waals surface area contributed by atoms with E-state index in [1.165, 1.54) is 19.3 Å². The summed E-state index contributed by atoms with van der Waals surface area (Å²) in [6, 6.07) is -0.0760. The van der Waals surface area contributed by atoms with Gasteiger partial charge in [0, 0.05) is 13.0 Å². The van der Waals surface area contributed by atoms with Gasteiger partial charge >= 0.3 is 0 Å². The topological polar surface area (TPSA) is 87.8 Å². The van der Waals surface area contributed by atoms with Gasteiger partial charge in [0.1, 0.15) is 6.10 Å². The van der Waals surface area contributed by atoms with Crippen molar-refractivity contribution in [3.8, 4) is 0 Å². The Kier molecular flexibility index (Phi) is 7.59. The van der Waals surface area contributed by atoms with Crippen LogP contribution in [0.2, 0.25) is 0 Å². The maximum absolute atomic E-state index is 12.1. The average Bonchev–Trinajstić information content (AvgIpc) is 2.55. The van der Waals surface area contributed by atoms with Gasteiger partial charge in [-0.3, -0.25) is 4.79 Å². The van der Waals surface area contributed by atoms with Crippen LogP contribution in [0.5, 0.6) is 0 Å². The fourth-order valence-electron chi connectivity index (χ4n) is 3.42. The van der Waals surface area contributed by atoms with Crippen molar-refractivity contribution < 1.29 is 14.6 Å². The van der Waals surface area contributed by atoms with Crippen molar-refractivity contribution in [3.05, 3.63) is 0 Å². The molecule has 0 saturated carbocycles. The molecule has 0 aromatic heterocycles. The van der Waals surface area contributed by atoms with Gasteiger partial charge in [0.2, 0.25) is 5.91 Å². The number of amides is 1. The van der Waals surface area contributed by atoms with E-state index in [0.717, 1.165) is 38.9 Å². The lowest BCUT2D eigenvalue weighted by Gasteiger charge is -2.36. The van der Waals surface area contributed by atoms with E-state index in [9.17, 15) is 9.90 Å². The molecule has 2 saturated heterocycles. The Bertz CT molecular complexity index is 335. The van der Waals surface area contributed by atoms with Crippen molar-refractivity contribution in [1.82, 2.24) is 10.2 Å². The minimum absolute atomic E-state index is 0.0574. The lowest BCUT2D eigenvalue weighted by Crippen LogP contribution is -2.51. The number of nitrogens with one attached hydrogen (secondary N) is 1. The van der Waals surface area contributed by atoms with Crippen molar-refractivity contribution in [2.45, 2.75) is 63.2 Å². The molecule has 0 radical (unpaired) electrons. The normalized spacial score (nSPS) is 30.2. The molecule has 2 fully saturated rings. The zero-order chi connectivity index (χ0) is 15.8. The summed E-state index contributed by atoms with van der Waals surface area (Å²) in [5, 5.41) is 12.5. The fourth-order valence-corrected chi connectivity index (χ4v) is 3.42. The highest BCUT2D eigenvalue weighted by Crippen LogP contribution is 2.21. The van der Waals surface area contributed by atoms with Crippen molar-refractivity contribution >= 4 is 5.91 Å². The number of carbonyl (C=O) groups excluding carboxylic acids is 1. The highest BCUT2D eigenvalue weighted by atomic mass is 16.5. The third-order valence-corrected chi connectivity index (χ3v) is 4.73. The first-order chi connectivity index (χ1) is 10.7. The molecule has 0 aromatic carbocycles. The van der Waals surface area contributed by atoms with E-state index in [1.807, 2.05) is 0 Å². The molecule has 6 heteroatoms. The Balaban J connectivity index is 1.70. The monoisotopic (exact) mass is 313 g/mol. The predicted molar refractivity (Wildman–Crippen MR) is 85.5 cm³/mol. The standard InChI is InChI=1S/C16H31N3O3/c17-8-6-13-4-5-14(15(12-20)22-13)18-16(21)7-11-19-9-2-1-3-10-19/h13-15,20H,1-12,17H2,(H,18,21)/t13-,14+,15-/m1/s1. The number of nitrogens with two attached hydrogens (primary N) is 1. The summed E-state index contributed by atoms with van der Waals surface area (Å²) in [4.78, 5) is 14.5. The molecule has 6 nitrogen and oxygen atoms in total. The highest BCUT2D eigenvalue weighted by Gasteiger charge is 2.31. The van der Waals surface area contributed by atoms with E-state index in [0.29, 0.717) is 13.0 Å². The zero-order valence-electron chi connectivity index (χ0n) is 13.5. The molecular formula is C16H31N3O3. The van der Waals surface area contributed by atoms with Crippen LogP contribution in [-0.2, 0) is 9.53 Å². The van der Waals surface area contributed by atoms with Crippen molar-refractivity contribution in [2.75, 3.05) is 32.8 Å². The van der Waals surface area contributed by atoms with Crippen LogP contribution in [0.15, 0.2) is 0 Å². The molecule has 2 aliphatic rings. The lowest BCUT2D eigenvalue weighted by atomic mass is 9.97. The summed E-state index contributed by atoms with van der Waals surface area (Å²) in [5.41, 5.74) is 5.56. The first-order valence-corrected chi connectivity index (χ1v) is 8.71. The van der Waals surface area contributed by atoms with E-state index < -0.39 is 0 Å². The Hall–Kier alpha value is -0.690. The van der Waals surface area contributed by atoms with Crippen molar-refractivity contribution in [1.29, 1.82) is 0 Å². The molecule has 4 N–H and O–H groups in total. The summed E-state index contributed by atoms with van der Waals surface area (Å²) in [5.74, 6) is 0.0647. The predicted octanol–water partition coefficient (Wildman–Crippen LogP) is 0.236. The summed E-state index contributed by atoms with van der Waals surface area (Å²) >= 11 is 0. The summed E-state index contributed by atoms with van der Waals surface area (Å²) < 4.78 is 5.83. The summed E-state index contributed by atoms with van der Waals surface area (Å²) in [7, 11) is 0. The molecule has 0 aliphatic carbocycles. The van der Waals surface area contributed by atoms with Crippen LogP contribution >= 0.6 is 0 Å². The van der Waals surface area contributed by atoms with Crippen molar-refractivity contribution in [3.63, 3.8) is 0 Å². The molecule has 1 amide bonds. The molecular weight excluding hydrogens is 282 g/mol. The number of nitrogens with zero attached hydrogens (tertiary/aromatic N) is 1. The van der Waals surface area contributed by atoms with Crippen LogP contribution in [0.1, 0.15) is 44.9 Å². The van der Waals surface area contributed by atoms with E-state index in [2.05, 4.69) is 10.2 Å². The van der Waals surface area contributed by atoms with Crippen LogP contribution in [0, 0.1) is 0 Å². The zero-order valence-corrected chi connectivity index (χ0v) is 13.5. The maximum Gasteiger partial charge on any atom is 0.221 e. The third-order valence-electron chi connectivity index (χ3n) is 4.73. The van der Waals surface area contributed by atoms with Gasteiger partial charge in [-0.05, 0) is 51.7 Å². The highest BCUT2D eigenvalue weighted by molar-refractivity contribution is 5.76. The SMILES string of the molecule is NCC[C@H]1CC[C@H](NC(=O)CCN2CCCCC2)[C@@H](CO)O1. The molecule has 0 spiro atoms. The minimum Gasteiger partial charge on any atom is -0.394 e. The molecule has 128 valence electrons. The van der Waals surface area contributed by atoms with Gasteiger partial charge in [0.15, 0.2) is 0 Å². The molecule has 22 heavy (non-hydrogen) atoms. The van der Waals surface area contributed by atoms with Crippen LogP contribution in [0.4, 0.5) is 0 Å². The average molecular weight is 313 g/mol. The number of aliphatic hydroxyl groups excluding tert-OH is 1. The Morgan fingerprint density at radius 2 is 2.05 bits per heavy atom. The fraction of sp³-hybridized carbons (Fsp3) is 0.938. The number of aliphatic hydroxyl groups is 1. The Morgan fingerprint density at radius 1 is 1.27 bits per heavy atom. The minimum atomic E-state index is -0.302. The number of ether oxygens (including phenoxy) is 1. The first-order valence-electron chi connectivity index (χ1n) is 8.71. The van der Waals surface area contributed by atoms with E-state index >= 15 is 0 Å². The second-order valence-corrected chi connectivity index (χ2v) is 6.46. The van der Waals surface area contributed by atoms with E-state index in [4.69, 9.17) is 10.5 Å². The summed E-state index contributed by atoms with van der Waals surface area (Å²) in [6.45, 7) is 3.59. The third kappa shape index (κ3) is 5.50. The van der Waals surface area contributed by atoms with Crippen molar-refractivity contribution in [2.24, 2.45) is 5.73 Å². The van der Waals surface area contributed by atoms with Gasteiger partial charge in [-0.1, -0.05) is 6.42 Å². The number of likely N-dealkylation sites (tertiary alicyclic amines) is 1. The van der Waals surface area contributed by atoms with Crippen LogP contribution in [0.3, 0.4) is 0 Å². The second kappa shape index (κ2) is 9.45. The van der Waals surface area contributed by atoms with Gasteiger partial charge in [-0.25, -0.2) is 0 Å². The molecule has 3 atom stereocenters. The molecule has 2 aliphatic heterocycles. The van der Waals surface area contributed by atoms with Crippen LogP contribution < -0.4 is 11.1 Å².